The second kappa shape index (κ2) is 12.3. The third kappa shape index (κ3) is 6.61. The van der Waals surface area contributed by atoms with Crippen LogP contribution in [-0.2, 0) is 34.4 Å². The summed E-state index contributed by atoms with van der Waals surface area (Å²) in [5, 5.41) is 7.47. The lowest BCUT2D eigenvalue weighted by Crippen LogP contribution is -1.88. The molecule has 2 heterocycles. The normalized spacial score (nSPS) is 10.6. The molecule has 10 heteroatoms. The van der Waals surface area contributed by atoms with Crippen LogP contribution in [0.15, 0.2) is 57.6 Å². The molecule has 0 spiro atoms. The Balaban J connectivity index is 0.000000181. The fraction of sp³-hybridized carbons (Fsp3) is 0.273. The average molecular weight is 477 g/mol. The number of methoxy groups -OCH3 is 2. The molecule has 0 bridgehead atoms. The van der Waals surface area contributed by atoms with Crippen LogP contribution in [0.5, 0.6) is 0 Å². The van der Waals surface area contributed by atoms with E-state index in [0.29, 0.717) is 36.6 Å². The van der Waals surface area contributed by atoms with Gasteiger partial charge in [0.25, 0.3) is 11.8 Å². The molecule has 0 saturated heterocycles. The van der Waals surface area contributed by atoms with Gasteiger partial charge in [0, 0.05) is 25.3 Å². The van der Waals surface area contributed by atoms with E-state index in [0.717, 1.165) is 22.3 Å². The lowest BCUT2D eigenvalue weighted by atomic mass is 10.1. The quantitative estimate of drug-likeness (QED) is 0.318. The summed E-state index contributed by atoms with van der Waals surface area (Å²) in [6.45, 7) is 1.12. The number of rotatable bonds is 8. The lowest BCUT2D eigenvalue weighted by Gasteiger charge is -2.00. The number of aromatic nitrogens is 4. The second-order valence-electron chi connectivity index (χ2n) is 6.57. The highest BCUT2D eigenvalue weighted by molar-refractivity contribution is 6.16. The van der Waals surface area contributed by atoms with Crippen molar-refractivity contribution in [1.82, 2.24) is 20.3 Å². The van der Waals surface area contributed by atoms with Gasteiger partial charge in [-0.1, -0.05) is 34.6 Å². The molecule has 0 saturated carbocycles. The van der Waals surface area contributed by atoms with Gasteiger partial charge in [-0.3, -0.25) is 0 Å². The average Bonchev–Trinajstić information content (AvgIpc) is 3.50. The Labute approximate surface area is 195 Å². The highest BCUT2D eigenvalue weighted by atomic mass is 35.5. The molecule has 2 aromatic carbocycles. The van der Waals surface area contributed by atoms with Crippen LogP contribution in [0.3, 0.4) is 0 Å². The van der Waals surface area contributed by atoms with Crippen molar-refractivity contribution < 1.29 is 18.5 Å². The number of benzene rings is 2. The van der Waals surface area contributed by atoms with E-state index >= 15 is 0 Å². The minimum atomic E-state index is 0.251. The molecular formula is C22H22Cl2N4O4. The van der Waals surface area contributed by atoms with Crippen LogP contribution in [0.1, 0.15) is 22.8 Å². The standard InChI is InChI=1S/2C11H11ClN2O2/c2*1-15-7-8-3-2-4-9(5-8)11-13-10(6-12)14-16-11/h2*2-5H,6-7H2,1H3. The van der Waals surface area contributed by atoms with Crippen LogP contribution in [0.2, 0.25) is 0 Å². The van der Waals surface area contributed by atoms with Gasteiger partial charge in [-0.05, 0) is 35.4 Å². The van der Waals surface area contributed by atoms with Crippen molar-refractivity contribution in [2.45, 2.75) is 25.0 Å². The van der Waals surface area contributed by atoms with Gasteiger partial charge in [0.2, 0.25) is 0 Å². The summed E-state index contributed by atoms with van der Waals surface area (Å²) in [5.41, 5.74) is 3.87. The first kappa shape index (κ1) is 23.9. The molecule has 0 amide bonds. The Bertz CT molecular complexity index is 1030. The number of alkyl halides is 2. The predicted molar refractivity (Wildman–Crippen MR) is 120 cm³/mol. The van der Waals surface area contributed by atoms with Gasteiger partial charge in [0.1, 0.15) is 0 Å². The van der Waals surface area contributed by atoms with Crippen LogP contribution in [0.4, 0.5) is 0 Å². The number of halogens is 2. The van der Waals surface area contributed by atoms with E-state index in [9.17, 15) is 0 Å². The molecular weight excluding hydrogens is 455 g/mol. The molecule has 0 N–H and O–H groups in total. The molecule has 0 fully saturated rings. The molecule has 4 rings (SSSR count). The summed E-state index contributed by atoms with van der Waals surface area (Å²) in [5.74, 6) is 2.45. The van der Waals surface area contributed by atoms with Crippen molar-refractivity contribution in [1.29, 1.82) is 0 Å². The van der Waals surface area contributed by atoms with Gasteiger partial charge in [-0.2, -0.15) is 9.97 Å². The van der Waals surface area contributed by atoms with Crippen molar-refractivity contribution in [2.24, 2.45) is 0 Å². The Kier molecular flexibility index (Phi) is 9.18. The monoisotopic (exact) mass is 476 g/mol. The summed E-state index contributed by atoms with van der Waals surface area (Å²) in [6, 6.07) is 15.5. The molecule has 2 aromatic heterocycles. The Morgan fingerprint density at radius 2 is 1.16 bits per heavy atom. The van der Waals surface area contributed by atoms with Crippen molar-refractivity contribution >= 4 is 23.2 Å². The van der Waals surface area contributed by atoms with Gasteiger partial charge in [-0.25, -0.2) is 0 Å². The fourth-order valence-electron chi connectivity index (χ4n) is 2.77. The molecule has 168 valence electrons. The topological polar surface area (TPSA) is 96.3 Å². The van der Waals surface area contributed by atoms with E-state index in [-0.39, 0.29) is 11.8 Å². The Hall–Kier alpha value is -2.78. The lowest BCUT2D eigenvalue weighted by molar-refractivity contribution is 0.185. The van der Waals surface area contributed by atoms with Crippen LogP contribution in [0, 0.1) is 0 Å². The predicted octanol–water partition coefficient (Wildman–Crippen LogP) is 5.24. The van der Waals surface area contributed by atoms with Gasteiger partial charge < -0.3 is 18.5 Å². The molecule has 0 radical (unpaired) electrons. The first-order valence-electron chi connectivity index (χ1n) is 9.60. The van der Waals surface area contributed by atoms with Gasteiger partial charge in [0.05, 0.1) is 25.0 Å². The fourth-order valence-corrected chi connectivity index (χ4v) is 2.99. The maximum absolute atomic E-state index is 5.60. The number of hydrogen-bond acceptors (Lipinski definition) is 8. The van der Waals surface area contributed by atoms with E-state index in [2.05, 4.69) is 20.3 Å². The Morgan fingerprint density at radius 1 is 0.719 bits per heavy atom. The minimum absolute atomic E-state index is 0.251. The zero-order chi connectivity index (χ0) is 22.8. The maximum atomic E-state index is 5.60. The molecule has 0 aliphatic carbocycles. The number of hydrogen-bond donors (Lipinski definition) is 0. The second-order valence-corrected chi connectivity index (χ2v) is 7.10. The first-order chi connectivity index (χ1) is 15.7. The summed E-state index contributed by atoms with van der Waals surface area (Å²) in [4.78, 5) is 8.30. The number of ether oxygens (including phenoxy) is 2. The van der Waals surface area contributed by atoms with E-state index in [4.69, 9.17) is 41.7 Å². The zero-order valence-corrected chi connectivity index (χ0v) is 19.1. The molecule has 0 unspecified atom stereocenters. The summed E-state index contributed by atoms with van der Waals surface area (Å²) < 4.78 is 20.3. The summed E-state index contributed by atoms with van der Waals surface area (Å²) in [6.07, 6.45) is 0. The zero-order valence-electron chi connectivity index (χ0n) is 17.6. The van der Waals surface area contributed by atoms with Gasteiger partial charge in [0.15, 0.2) is 11.6 Å². The van der Waals surface area contributed by atoms with E-state index in [1.165, 1.54) is 0 Å². The van der Waals surface area contributed by atoms with E-state index < -0.39 is 0 Å². The highest BCUT2D eigenvalue weighted by Crippen LogP contribution is 2.20. The summed E-state index contributed by atoms with van der Waals surface area (Å²) in [7, 11) is 3.32. The molecule has 0 aliphatic rings. The molecule has 32 heavy (non-hydrogen) atoms. The smallest absolute Gasteiger partial charge is 0.257 e. The van der Waals surface area contributed by atoms with Crippen molar-refractivity contribution in [2.75, 3.05) is 14.2 Å². The largest absolute Gasteiger partial charge is 0.380 e. The van der Waals surface area contributed by atoms with Crippen LogP contribution in [0.25, 0.3) is 22.9 Å². The molecule has 0 atom stereocenters. The molecule has 4 aromatic rings. The highest BCUT2D eigenvalue weighted by Gasteiger charge is 2.09. The molecule has 8 nitrogen and oxygen atoms in total. The third-order valence-electron chi connectivity index (χ3n) is 4.15. The van der Waals surface area contributed by atoms with E-state index in [1.54, 1.807) is 14.2 Å². The van der Waals surface area contributed by atoms with Crippen molar-refractivity contribution in [3.8, 4) is 22.9 Å². The SMILES string of the molecule is COCc1cccc(-c2nc(CCl)no2)c1.COCc1cccc(-c2nc(CCl)no2)c1. The third-order valence-corrected chi connectivity index (χ3v) is 4.62. The first-order valence-corrected chi connectivity index (χ1v) is 10.7. The Morgan fingerprint density at radius 3 is 1.50 bits per heavy atom. The van der Waals surface area contributed by atoms with Crippen molar-refractivity contribution in [3.63, 3.8) is 0 Å². The van der Waals surface area contributed by atoms with Gasteiger partial charge in [-0.15, -0.1) is 23.2 Å². The molecule has 0 aliphatic heterocycles. The number of nitrogens with zero attached hydrogens (tertiary/aromatic N) is 4. The maximum Gasteiger partial charge on any atom is 0.257 e. The van der Waals surface area contributed by atoms with E-state index in [1.807, 2.05) is 48.5 Å². The van der Waals surface area contributed by atoms with Gasteiger partial charge >= 0.3 is 0 Å². The van der Waals surface area contributed by atoms with Crippen LogP contribution in [-0.4, -0.2) is 34.5 Å². The van der Waals surface area contributed by atoms with Crippen LogP contribution >= 0.6 is 23.2 Å². The van der Waals surface area contributed by atoms with Crippen molar-refractivity contribution in [3.05, 3.63) is 71.3 Å². The summed E-state index contributed by atoms with van der Waals surface area (Å²) >= 11 is 11.2. The van der Waals surface area contributed by atoms with Crippen LogP contribution < -0.4 is 0 Å². The minimum Gasteiger partial charge on any atom is -0.380 e.